The lowest BCUT2D eigenvalue weighted by Crippen LogP contribution is -2.19. The predicted molar refractivity (Wildman–Crippen MR) is 89.0 cm³/mol. The molecule has 0 bridgehead atoms. The third kappa shape index (κ3) is 5.20. The summed E-state index contributed by atoms with van der Waals surface area (Å²) in [5.41, 5.74) is 0.247. The Balaban J connectivity index is 2.07. The highest BCUT2D eigenvalue weighted by molar-refractivity contribution is 5.92. The predicted octanol–water partition coefficient (Wildman–Crippen LogP) is 1.80. The molecule has 134 valence electrons. The number of anilines is 1. The molecule has 2 aromatic rings. The van der Waals surface area contributed by atoms with Gasteiger partial charge >= 0.3 is 5.97 Å². The Hall–Kier alpha value is -3.10. The van der Waals surface area contributed by atoms with Crippen LogP contribution in [0.5, 0.6) is 11.5 Å². The molecule has 9 nitrogen and oxygen atoms in total. The van der Waals surface area contributed by atoms with Gasteiger partial charge in [0.05, 0.1) is 25.6 Å². The molecule has 25 heavy (non-hydrogen) atoms. The number of nitrogens with one attached hydrogen (secondary N) is 1. The second-order valence-corrected chi connectivity index (χ2v) is 5.22. The number of hydrogen-bond donors (Lipinski definition) is 2. The number of aromatic carboxylic acids is 1. The molecule has 0 spiro atoms. The zero-order valence-electron chi connectivity index (χ0n) is 14.1. The summed E-state index contributed by atoms with van der Waals surface area (Å²) in [5.74, 6) is -0.485. The monoisotopic (exact) mass is 348 g/mol. The Labute approximate surface area is 144 Å². The van der Waals surface area contributed by atoms with Crippen molar-refractivity contribution < 1.29 is 24.2 Å². The van der Waals surface area contributed by atoms with Crippen LogP contribution in [0.2, 0.25) is 0 Å². The number of aromatic nitrogens is 3. The molecular formula is C16H20N4O5. The van der Waals surface area contributed by atoms with Gasteiger partial charge < -0.3 is 19.9 Å². The van der Waals surface area contributed by atoms with E-state index in [9.17, 15) is 9.59 Å². The molecule has 0 fully saturated rings. The molecule has 0 saturated carbocycles. The fourth-order valence-electron chi connectivity index (χ4n) is 2.00. The lowest BCUT2D eigenvalue weighted by molar-refractivity contribution is -0.116. The molecule has 9 heteroatoms. The minimum atomic E-state index is -1.20. The van der Waals surface area contributed by atoms with E-state index in [1.807, 2.05) is 0 Å². The normalized spacial score (nSPS) is 10.3. The van der Waals surface area contributed by atoms with Gasteiger partial charge in [0.15, 0.2) is 5.69 Å². The number of unbranched alkanes of at least 4 members (excludes halogenated alkanes) is 1. The summed E-state index contributed by atoms with van der Waals surface area (Å²) in [6.07, 6.45) is 3.08. The fourth-order valence-corrected chi connectivity index (χ4v) is 2.00. The summed E-state index contributed by atoms with van der Waals surface area (Å²) < 4.78 is 12.0. The molecule has 1 heterocycles. The molecule has 2 N–H and O–H groups in total. The van der Waals surface area contributed by atoms with Crippen molar-refractivity contribution in [1.29, 1.82) is 0 Å². The zero-order chi connectivity index (χ0) is 18.2. The number of amides is 1. The SMILES string of the molecule is CCCCOc1ccc(OC)cc1NC(=O)Cn1cc(C(=O)O)nn1. The smallest absolute Gasteiger partial charge is 0.358 e. The number of nitrogens with zero attached hydrogens (tertiary/aromatic N) is 3. The largest absolute Gasteiger partial charge is 0.497 e. The molecule has 0 aliphatic carbocycles. The molecule has 0 aliphatic rings. The Morgan fingerprint density at radius 1 is 1.36 bits per heavy atom. The summed E-state index contributed by atoms with van der Waals surface area (Å²) in [5, 5.41) is 18.6. The third-order valence-corrected chi connectivity index (χ3v) is 3.28. The molecule has 2 rings (SSSR count). The van der Waals surface area contributed by atoms with Crippen LogP contribution in [0, 0.1) is 0 Å². The van der Waals surface area contributed by atoms with E-state index in [1.165, 1.54) is 13.3 Å². The van der Waals surface area contributed by atoms with Gasteiger partial charge in [0.25, 0.3) is 0 Å². The fraction of sp³-hybridized carbons (Fsp3) is 0.375. The summed E-state index contributed by atoms with van der Waals surface area (Å²) in [7, 11) is 1.53. The van der Waals surface area contributed by atoms with Crippen molar-refractivity contribution in [3.63, 3.8) is 0 Å². The molecule has 0 aliphatic heterocycles. The number of carboxylic acid groups (broad SMARTS) is 1. The Kier molecular flexibility index (Phi) is 6.33. The zero-order valence-corrected chi connectivity index (χ0v) is 14.1. The van der Waals surface area contributed by atoms with Crippen molar-refractivity contribution in [3.8, 4) is 11.5 Å². The molecule has 0 unspecified atom stereocenters. The molecule has 1 amide bonds. The number of carbonyl (C=O) groups excluding carboxylic acids is 1. The number of carbonyl (C=O) groups is 2. The van der Waals surface area contributed by atoms with E-state index < -0.39 is 11.9 Å². The number of methoxy groups -OCH3 is 1. The van der Waals surface area contributed by atoms with Crippen LogP contribution in [0.3, 0.4) is 0 Å². The van der Waals surface area contributed by atoms with Crippen LogP contribution >= 0.6 is 0 Å². The van der Waals surface area contributed by atoms with Crippen LogP contribution in [-0.4, -0.2) is 45.7 Å². The number of carboxylic acids is 1. The van der Waals surface area contributed by atoms with E-state index >= 15 is 0 Å². The first-order valence-electron chi connectivity index (χ1n) is 7.77. The van der Waals surface area contributed by atoms with Gasteiger partial charge in [-0.25, -0.2) is 9.48 Å². The first-order valence-corrected chi connectivity index (χ1v) is 7.77. The van der Waals surface area contributed by atoms with Crippen molar-refractivity contribution in [3.05, 3.63) is 30.1 Å². The topological polar surface area (TPSA) is 116 Å². The third-order valence-electron chi connectivity index (χ3n) is 3.28. The number of hydrogen-bond acceptors (Lipinski definition) is 6. The highest BCUT2D eigenvalue weighted by atomic mass is 16.5. The van der Waals surface area contributed by atoms with Crippen molar-refractivity contribution in [2.75, 3.05) is 19.0 Å². The van der Waals surface area contributed by atoms with Gasteiger partial charge in [-0.05, 0) is 18.6 Å². The van der Waals surface area contributed by atoms with E-state index in [0.29, 0.717) is 23.8 Å². The maximum atomic E-state index is 12.2. The van der Waals surface area contributed by atoms with Gasteiger partial charge in [-0.15, -0.1) is 5.10 Å². The lowest BCUT2D eigenvalue weighted by atomic mass is 10.2. The molecular weight excluding hydrogens is 328 g/mol. The van der Waals surface area contributed by atoms with Gasteiger partial charge in [0.1, 0.15) is 18.0 Å². The minimum absolute atomic E-state index is 0.175. The number of ether oxygens (including phenoxy) is 2. The quantitative estimate of drug-likeness (QED) is 0.664. The average Bonchev–Trinajstić information content (AvgIpc) is 3.05. The van der Waals surface area contributed by atoms with Crippen molar-refractivity contribution in [1.82, 2.24) is 15.0 Å². The van der Waals surface area contributed by atoms with Crippen molar-refractivity contribution in [2.45, 2.75) is 26.3 Å². The summed E-state index contributed by atoms with van der Waals surface area (Å²) in [4.78, 5) is 23.0. The van der Waals surface area contributed by atoms with E-state index in [4.69, 9.17) is 14.6 Å². The van der Waals surface area contributed by atoms with Crippen LogP contribution in [0.25, 0.3) is 0 Å². The second kappa shape index (κ2) is 8.67. The van der Waals surface area contributed by atoms with E-state index in [1.54, 1.807) is 18.2 Å². The van der Waals surface area contributed by atoms with Crippen LogP contribution in [0.15, 0.2) is 24.4 Å². The van der Waals surface area contributed by atoms with Gasteiger partial charge in [0, 0.05) is 6.07 Å². The van der Waals surface area contributed by atoms with E-state index in [-0.39, 0.29) is 12.2 Å². The van der Waals surface area contributed by atoms with Crippen LogP contribution < -0.4 is 14.8 Å². The Bertz CT molecular complexity index is 744. The summed E-state index contributed by atoms with van der Waals surface area (Å²) in [6, 6.07) is 5.12. The van der Waals surface area contributed by atoms with E-state index in [0.717, 1.165) is 17.5 Å². The number of benzene rings is 1. The highest BCUT2D eigenvalue weighted by Crippen LogP contribution is 2.29. The van der Waals surface area contributed by atoms with Crippen molar-refractivity contribution >= 4 is 17.6 Å². The first-order chi connectivity index (χ1) is 12.0. The van der Waals surface area contributed by atoms with Gasteiger partial charge in [-0.1, -0.05) is 18.6 Å². The number of rotatable bonds is 9. The van der Waals surface area contributed by atoms with Crippen LogP contribution in [-0.2, 0) is 11.3 Å². The Morgan fingerprint density at radius 3 is 2.80 bits per heavy atom. The molecule has 1 aromatic carbocycles. The molecule has 0 saturated heterocycles. The van der Waals surface area contributed by atoms with Crippen LogP contribution in [0.1, 0.15) is 30.3 Å². The molecule has 0 radical (unpaired) electrons. The molecule has 1 aromatic heterocycles. The first kappa shape index (κ1) is 18.2. The highest BCUT2D eigenvalue weighted by Gasteiger charge is 2.13. The average molecular weight is 348 g/mol. The summed E-state index contributed by atoms with van der Waals surface area (Å²) >= 11 is 0. The standard InChI is InChI=1S/C16H20N4O5/c1-3-4-7-25-14-6-5-11(24-2)8-12(14)17-15(21)10-20-9-13(16(22)23)18-19-20/h5-6,8-9H,3-4,7,10H2,1-2H3,(H,17,21)(H,22,23). The Morgan fingerprint density at radius 2 is 2.16 bits per heavy atom. The van der Waals surface area contributed by atoms with E-state index in [2.05, 4.69) is 22.6 Å². The maximum Gasteiger partial charge on any atom is 0.358 e. The molecule has 0 atom stereocenters. The van der Waals surface area contributed by atoms with Gasteiger partial charge in [-0.3, -0.25) is 4.79 Å². The summed E-state index contributed by atoms with van der Waals surface area (Å²) in [6.45, 7) is 2.42. The van der Waals surface area contributed by atoms with Gasteiger partial charge in [-0.2, -0.15) is 0 Å². The van der Waals surface area contributed by atoms with Crippen LogP contribution in [0.4, 0.5) is 5.69 Å². The lowest BCUT2D eigenvalue weighted by Gasteiger charge is -2.13. The minimum Gasteiger partial charge on any atom is -0.497 e. The van der Waals surface area contributed by atoms with Gasteiger partial charge in [0.2, 0.25) is 5.91 Å². The van der Waals surface area contributed by atoms with Crippen molar-refractivity contribution in [2.24, 2.45) is 0 Å². The maximum absolute atomic E-state index is 12.2. The second-order valence-electron chi connectivity index (χ2n) is 5.22.